The summed E-state index contributed by atoms with van der Waals surface area (Å²) in [6.45, 7) is 7.61. The molecule has 1 aromatic rings. The van der Waals surface area contributed by atoms with Gasteiger partial charge in [-0.1, -0.05) is 32.4 Å². The Morgan fingerprint density at radius 3 is 2.85 bits per heavy atom. The van der Waals surface area contributed by atoms with Crippen molar-refractivity contribution in [3.8, 4) is 5.75 Å². The van der Waals surface area contributed by atoms with Crippen LogP contribution in [0, 0.1) is 5.92 Å². The first-order valence-corrected chi connectivity index (χ1v) is 7.41. The van der Waals surface area contributed by atoms with Crippen molar-refractivity contribution >= 4 is 23.2 Å². The highest BCUT2D eigenvalue weighted by Gasteiger charge is 2.30. The number of likely N-dealkylation sites (N-methyl/N-ethyl adjacent to an activating group) is 1. The van der Waals surface area contributed by atoms with E-state index in [9.17, 15) is 4.79 Å². The SMILES string of the molecule is CCNC1C(=O)Nc2cc(OCCC(C)C)c(Cl)cc21. The van der Waals surface area contributed by atoms with Gasteiger partial charge in [-0.15, -0.1) is 0 Å². The van der Waals surface area contributed by atoms with Crippen molar-refractivity contribution in [2.45, 2.75) is 33.2 Å². The second-order valence-electron chi connectivity index (χ2n) is 5.38. The van der Waals surface area contributed by atoms with Gasteiger partial charge in [0.25, 0.3) is 0 Å². The van der Waals surface area contributed by atoms with Crippen molar-refractivity contribution in [1.29, 1.82) is 0 Å². The molecule has 1 heterocycles. The standard InChI is InChI=1S/C15H21ClN2O2/c1-4-17-14-10-7-11(16)13(20-6-5-9(2)3)8-12(10)18-15(14)19/h7-9,14,17H,4-6H2,1-3H3,(H,18,19). The van der Waals surface area contributed by atoms with E-state index in [0.717, 1.165) is 24.2 Å². The maximum Gasteiger partial charge on any atom is 0.246 e. The molecule has 2 N–H and O–H groups in total. The Balaban J connectivity index is 2.15. The molecule has 1 aliphatic rings. The molecule has 0 spiro atoms. The molecule has 1 amide bonds. The van der Waals surface area contributed by atoms with Crippen molar-refractivity contribution in [3.05, 3.63) is 22.7 Å². The Morgan fingerprint density at radius 1 is 1.45 bits per heavy atom. The zero-order chi connectivity index (χ0) is 14.7. The first kappa shape index (κ1) is 15.1. The zero-order valence-corrected chi connectivity index (χ0v) is 12.9. The summed E-state index contributed by atoms with van der Waals surface area (Å²) in [6.07, 6.45) is 0.972. The number of halogens is 1. The van der Waals surface area contributed by atoms with Crippen LogP contribution >= 0.6 is 11.6 Å². The van der Waals surface area contributed by atoms with Gasteiger partial charge in [0.05, 0.1) is 11.6 Å². The molecule has 1 aliphatic heterocycles. The largest absolute Gasteiger partial charge is 0.492 e. The van der Waals surface area contributed by atoms with Crippen molar-refractivity contribution in [1.82, 2.24) is 5.32 Å². The molecule has 2 rings (SSSR count). The number of rotatable bonds is 6. The number of carbonyl (C=O) groups excluding carboxylic acids is 1. The molecular weight excluding hydrogens is 276 g/mol. The lowest BCUT2D eigenvalue weighted by molar-refractivity contribution is -0.117. The third-order valence-corrected chi connectivity index (χ3v) is 3.59. The van der Waals surface area contributed by atoms with Crippen LogP contribution in [0.15, 0.2) is 12.1 Å². The van der Waals surface area contributed by atoms with Crippen LogP contribution < -0.4 is 15.4 Å². The van der Waals surface area contributed by atoms with Crippen LogP contribution in [0.4, 0.5) is 5.69 Å². The lowest BCUT2D eigenvalue weighted by atomic mass is 10.1. The second-order valence-corrected chi connectivity index (χ2v) is 5.79. The number of hydrogen-bond donors (Lipinski definition) is 2. The number of ether oxygens (including phenoxy) is 1. The van der Waals surface area contributed by atoms with Gasteiger partial charge in [-0.3, -0.25) is 4.79 Å². The smallest absolute Gasteiger partial charge is 0.246 e. The number of nitrogens with one attached hydrogen (secondary N) is 2. The number of fused-ring (bicyclic) bond motifs is 1. The van der Waals surface area contributed by atoms with Crippen molar-refractivity contribution in [2.75, 3.05) is 18.5 Å². The average Bonchev–Trinajstić information content (AvgIpc) is 2.66. The fraction of sp³-hybridized carbons (Fsp3) is 0.533. The average molecular weight is 297 g/mol. The second kappa shape index (κ2) is 6.46. The van der Waals surface area contributed by atoms with Gasteiger partial charge in [0.1, 0.15) is 11.8 Å². The number of carbonyl (C=O) groups is 1. The third-order valence-electron chi connectivity index (χ3n) is 3.30. The van der Waals surface area contributed by atoms with Crippen LogP contribution in [0.1, 0.15) is 38.8 Å². The minimum atomic E-state index is -0.322. The molecule has 4 nitrogen and oxygen atoms in total. The normalized spacial score (nSPS) is 17.2. The number of hydrogen-bond acceptors (Lipinski definition) is 3. The summed E-state index contributed by atoms with van der Waals surface area (Å²) in [4.78, 5) is 11.9. The summed E-state index contributed by atoms with van der Waals surface area (Å²) in [6, 6.07) is 3.30. The maximum absolute atomic E-state index is 11.9. The lowest BCUT2D eigenvalue weighted by Gasteiger charge is -2.13. The highest BCUT2D eigenvalue weighted by Crippen LogP contribution is 2.38. The Kier molecular flexibility index (Phi) is 4.89. The summed E-state index contributed by atoms with van der Waals surface area (Å²) < 4.78 is 5.70. The van der Waals surface area contributed by atoms with Gasteiger partial charge in [-0.25, -0.2) is 0 Å². The molecule has 0 fully saturated rings. The predicted octanol–water partition coefficient (Wildman–Crippen LogP) is 3.37. The van der Waals surface area contributed by atoms with Crippen molar-refractivity contribution in [2.24, 2.45) is 5.92 Å². The van der Waals surface area contributed by atoms with Gasteiger partial charge in [-0.2, -0.15) is 0 Å². The van der Waals surface area contributed by atoms with E-state index in [1.807, 2.05) is 19.1 Å². The highest BCUT2D eigenvalue weighted by molar-refractivity contribution is 6.32. The van der Waals surface area contributed by atoms with Crippen LogP contribution in [0.5, 0.6) is 5.75 Å². The molecule has 5 heteroatoms. The molecule has 1 atom stereocenters. The van der Waals surface area contributed by atoms with Gasteiger partial charge in [-0.05, 0) is 24.9 Å². The molecule has 20 heavy (non-hydrogen) atoms. The number of benzene rings is 1. The zero-order valence-electron chi connectivity index (χ0n) is 12.1. The summed E-state index contributed by atoms with van der Waals surface area (Å²) in [5.41, 5.74) is 1.67. The van der Waals surface area contributed by atoms with Gasteiger partial charge >= 0.3 is 0 Å². The molecule has 0 radical (unpaired) electrons. The lowest BCUT2D eigenvalue weighted by Crippen LogP contribution is -2.27. The third kappa shape index (κ3) is 3.25. The van der Waals surface area contributed by atoms with E-state index in [1.165, 1.54) is 0 Å². The monoisotopic (exact) mass is 296 g/mol. The quantitative estimate of drug-likeness (QED) is 0.846. The highest BCUT2D eigenvalue weighted by atomic mass is 35.5. The van der Waals surface area contributed by atoms with Crippen molar-refractivity contribution < 1.29 is 9.53 Å². The van der Waals surface area contributed by atoms with Crippen LogP contribution in [0.3, 0.4) is 0 Å². The number of amides is 1. The predicted molar refractivity (Wildman–Crippen MR) is 81.4 cm³/mol. The first-order valence-electron chi connectivity index (χ1n) is 7.03. The van der Waals surface area contributed by atoms with E-state index in [-0.39, 0.29) is 11.9 Å². The molecule has 110 valence electrons. The Morgan fingerprint density at radius 2 is 2.20 bits per heavy atom. The molecule has 0 saturated heterocycles. The molecular formula is C15H21ClN2O2. The fourth-order valence-electron chi connectivity index (χ4n) is 2.18. The van der Waals surface area contributed by atoms with Crippen LogP contribution in [0.25, 0.3) is 0 Å². The minimum Gasteiger partial charge on any atom is -0.492 e. The van der Waals surface area contributed by atoms with E-state index in [4.69, 9.17) is 16.3 Å². The van der Waals surface area contributed by atoms with Crippen LogP contribution in [-0.2, 0) is 4.79 Å². The minimum absolute atomic E-state index is 0.0442. The fourth-order valence-corrected chi connectivity index (χ4v) is 2.41. The van der Waals surface area contributed by atoms with Crippen molar-refractivity contribution in [3.63, 3.8) is 0 Å². The molecule has 1 aromatic carbocycles. The van der Waals surface area contributed by atoms with E-state index in [2.05, 4.69) is 24.5 Å². The molecule has 0 aromatic heterocycles. The summed E-state index contributed by atoms with van der Waals surface area (Å²) in [5, 5.41) is 6.55. The Bertz CT molecular complexity index is 503. The van der Waals surface area contributed by atoms with Gasteiger partial charge < -0.3 is 15.4 Å². The van der Waals surface area contributed by atoms with E-state index >= 15 is 0 Å². The molecule has 1 unspecified atom stereocenters. The summed E-state index contributed by atoms with van der Waals surface area (Å²) in [7, 11) is 0. The van der Waals surface area contributed by atoms with Crippen LogP contribution in [0.2, 0.25) is 5.02 Å². The topological polar surface area (TPSA) is 50.4 Å². The van der Waals surface area contributed by atoms with Crippen LogP contribution in [-0.4, -0.2) is 19.1 Å². The molecule has 0 bridgehead atoms. The van der Waals surface area contributed by atoms with Gasteiger partial charge in [0.15, 0.2) is 0 Å². The van der Waals surface area contributed by atoms with E-state index in [1.54, 1.807) is 0 Å². The Hall–Kier alpha value is -1.26. The number of anilines is 1. The van der Waals surface area contributed by atoms with E-state index < -0.39 is 0 Å². The maximum atomic E-state index is 11.9. The van der Waals surface area contributed by atoms with E-state index in [0.29, 0.717) is 23.3 Å². The summed E-state index contributed by atoms with van der Waals surface area (Å²) in [5.74, 6) is 1.17. The van der Waals surface area contributed by atoms with Gasteiger partial charge in [0, 0.05) is 17.3 Å². The molecule has 0 aliphatic carbocycles. The van der Waals surface area contributed by atoms with Gasteiger partial charge in [0.2, 0.25) is 5.91 Å². The summed E-state index contributed by atoms with van der Waals surface area (Å²) >= 11 is 6.24. The molecule has 0 saturated carbocycles. The Labute approximate surface area is 124 Å². The first-order chi connectivity index (χ1) is 9.52.